The van der Waals surface area contributed by atoms with Crippen molar-refractivity contribution in [3.05, 3.63) is 47.5 Å². The summed E-state index contributed by atoms with van der Waals surface area (Å²) in [6, 6.07) is 3.22. The number of carbonyl (C=O) groups is 5. The molecule has 0 aliphatic carbocycles. The summed E-state index contributed by atoms with van der Waals surface area (Å²) >= 11 is 0. The number of aryl methyl sites for hydroxylation is 1. The van der Waals surface area contributed by atoms with E-state index in [0.717, 1.165) is 36.8 Å². The summed E-state index contributed by atoms with van der Waals surface area (Å²) in [6.07, 6.45) is 4.63. The Hall–Kier alpha value is -3.93. The zero-order chi connectivity index (χ0) is 38.2. The van der Waals surface area contributed by atoms with Gasteiger partial charge in [-0.1, -0.05) is 72.2 Å². The van der Waals surface area contributed by atoms with Crippen molar-refractivity contribution >= 4 is 29.8 Å². The lowest BCUT2D eigenvalue weighted by Gasteiger charge is -2.36. The lowest BCUT2D eigenvalue weighted by Crippen LogP contribution is -2.59. The molecule has 3 aliphatic heterocycles. The second kappa shape index (κ2) is 18.2. The maximum absolute atomic E-state index is 14.5. The second-order valence-corrected chi connectivity index (χ2v) is 15.9. The zero-order valence-corrected chi connectivity index (χ0v) is 31.9. The largest absolute Gasteiger partial charge is 0.449 e. The van der Waals surface area contributed by atoms with Crippen LogP contribution in [0.3, 0.4) is 0 Å². The fourth-order valence-electron chi connectivity index (χ4n) is 7.71. The minimum absolute atomic E-state index is 0.0124. The first-order chi connectivity index (χ1) is 24.7. The molecule has 7 atom stereocenters. The van der Waals surface area contributed by atoms with Gasteiger partial charge in [-0.15, -0.1) is 6.58 Å². The first-order valence-electron chi connectivity index (χ1n) is 19.1. The fraction of sp³-hybridized carbons (Fsp3) is 0.675. The van der Waals surface area contributed by atoms with E-state index in [-0.39, 0.29) is 43.6 Å². The summed E-state index contributed by atoms with van der Waals surface area (Å²) < 4.78 is 11.6. The van der Waals surface area contributed by atoms with Crippen molar-refractivity contribution < 1.29 is 38.6 Å². The van der Waals surface area contributed by atoms with Crippen LogP contribution in [0.1, 0.15) is 103 Å². The first kappa shape index (κ1) is 40.8. The van der Waals surface area contributed by atoms with E-state index < -0.39 is 66.2 Å². The summed E-state index contributed by atoms with van der Waals surface area (Å²) in [7, 11) is 0. The summed E-state index contributed by atoms with van der Waals surface area (Å²) in [6.45, 7) is 15.7. The van der Waals surface area contributed by atoms with Crippen molar-refractivity contribution in [2.45, 2.75) is 130 Å². The van der Waals surface area contributed by atoms with Gasteiger partial charge in [0.15, 0.2) is 0 Å². The van der Waals surface area contributed by atoms with Crippen LogP contribution in [-0.4, -0.2) is 88.7 Å². The SMILES string of the molecule is C=C[C@H](CC)C(NC(=O)[C@@H]1C[C@@H]2CN1C(=O)[C@H](C(C)(C)C)NC(=O)OC[C@H](C)CCCCc1cccc3c1CN(C3)C(=O)O2)C(CO)C(=O)CCC. The van der Waals surface area contributed by atoms with Gasteiger partial charge in [-0.2, -0.15) is 0 Å². The Morgan fingerprint density at radius 3 is 2.52 bits per heavy atom. The number of alkyl carbamates (subject to hydrolysis) is 1. The van der Waals surface area contributed by atoms with Gasteiger partial charge >= 0.3 is 12.2 Å². The van der Waals surface area contributed by atoms with Crippen LogP contribution in [-0.2, 0) is 43.4 Å². The standard InChI is InChI=1S/C40H60N4O8/c1-8-14-33(46)31(23-45)34(26(9-2)10-3)41-36(47)32-19-29-21-44(32)37(48)35(40(5,6)7)42-38(49)51-24-25(4)15-11-12-16-27-17-13-18-28-20-43(22-30(27)28)39(50)52-29/h9,13,17-18,25-26,29,31-32,34-35,45H,2,8,10-12,14-16,19-24H2,1,3-7H3,(H,41,47)(H,42,49)/t25-,26-,29-,31?,32+,34?,35-/m1/s1. The van der Waals surface area contributed by atoms with Crippen LogP contribution < -0.4 is 10.6 Å². The number of hydrogen-bond donors (Lipinski definition) is 3. The molecule has 3 heterocycles. The number of nitrogens with one attached hydrogen (secondary N) is 2. The fourth-order valence-corrected chi connectivity index (χ4v) is 7.71. The molecule has 3 aliphatic rings. The van der Waals surface area contributed by atoms with E-state index in [4.69, 9.17) is 9.47 Å². The highest BCUT2D eigenvalue weighted by Gasteiger charge is 2.48. The van der Waals surface area contributed by atoms with Crippen molar-refractivity contribution in [2.24, 2.45) is 23.2 Å². The Balaban J connectivity index is 1.68. The highest BCUT2D eigenvalue weighted by molar-refractivity contribution is 5.93. The van der Waals surface area contributed by atoms with E-state index in [9.17, 15) is 29.1 Å². The number of aliphatic hydroxyl groups is 1. The summed E-state index contributed by atoms with van der Waals surface area (Å²) in [5, 5.41) is 16.1. The Bertz CT molecular complexity index is 1460. The van der Waals surface area contributed by atoms with E-state index in [2.05, 4.69) is 23.3 Å². The van der Waals surface area contributed by atoms with E-state index in [1.165, 1.54) is 10.5 Å². The van der Waals surface area contributed by atoms with Crippen molar-refractivity contribution in [1.82, 2.24) is 20.4 Å². The predicted octanol–water partition coefficient (Wildman–Crippen LogP) is 5.29. The number of aliphatic hydroxyl groups excluding tert-OH is 1. The van der Waals surface area contributed by atoms with Crippen LogP contribution in [0.2, 0.25) is 0 Å². The molecule has 1 fully saturated rings. The number of carbonyl (C=O) groups excluding carboxylic acids is 5. The summed E-state index contributed by atoms with van der Waals surface area (Å²) in [5.41, 5.74) is 2.63. The van der Waals surface area contributed by atoms with Gasteiger partial charge in [0, 0.05) is 32.0 Å². The minimum Gasteiger partial charge on any atom is -0.449 e. The minimum atomic E-state index is -1.09. The van der Waals surface area contributed by atoms with E-state index in [1.54, 1.807) is 11.0 Å². The van der Waals surface area contributed by atoms with Gasteiger partial charge in [0.05, 0.1) is 25.7 Å². The number of amides is 4. The third-order valence-electron chi connectivity index (χ3n) is 10.8. The molecule has 12 heteroatoms. The molecule has 1 saturated heterocycles. The highest BCUT2D eigenvalue weighted by atomic mass is 16.6. The topological polar surface area (TPSA) is 155 Å². The molecule has 1 aromatic carbocycles. The van der Waals surface area contributed by atoms with E-state index in [0.29, 0.717) is 25.9 Å². The van der Waals surface area contributed by atoms with E-state index in [1.807, 2.05) is 53.7 Å². The van der Waals surface area contributed by atoms with Gasteiger partial charge in [-0.25, -0.2) is 9.59 Å². The third kappa shape index (κ3) is 9.93. The van der Waals surface area contributed by atoms with Gasteiger partial charge in [-0.05, 0) is 66.0 Å². The summed E-state index contributed by atoms with van der Waals surface area (Å²) in [4.78, 5) is 71.8. The number of Topliss-reactive ketones (excluding diaryl/α,β-unsaturated/α-hetero) is 1. The second-order valence-electron chi connectivity index (χ2n) is 15.9. The smallest absolute Gasteiger partial charge is 0.410 e. The number of hydrogen-bond acceptors (Lipinski definition) is 8. The number of benzene rings is 1. The Morgan fingerprint density at radius 2 is 1.87 bits per heavy atom. The van der Waals surface area contributed by atoms with Crippen LogP contribution in [0.25, 0.3) is 0 Å². The molecule has 2 unspecified atom stereocenters. The van der Waals surface area contributed by atoms with Crippen LogP contribution in [0.4, 0.5) is 9.59 Å². The molecule has 0 aromatic heterocycles. The summed E-state index contributed by atoms with van der Waals surface area (Å²) in [5.74, 6) is -2.32. The van der Waals surface area contributed by atoms with Crippen LogP contribution in [0.15, 0.2) is 30.9 Å². The normalized spacial score (nSPS) is 24.9. The molecule has 0 spiro atoms. The molecular weight excluding hydrogens is 664 g/mol. The average Bonchev–Trinajstić information content (AvgIpc) is 3.73. The van der Waals surface area contributed by atoms with Crippen LogP contribution in [0, 0.1) is 23.2 Å². The van der Waals surface area contributed by atoms with Gasteiger partial charge in [-0.3, -0.25) is 19.3 Å². The van der Waals surface area contributed by atoms with Crippen molar-refractivity contribution in [1.29, 1.82) is 0 Å². The van der Waals surface area contributed by atoms with Gasteiger partial charge in [0.2, 0.25) is 11.8 Å². The Morgan fingerprint density at radius 1 is 1.13 bits per heavy atom. The number of nitrogens with zero attached hydrogens (tertiary/aromatic N) is 2. The predicted molar refractivity (Wildman–Crippen MR) is 197 cm³/mol. The van der Waals surface area contributed by atoms with Crippen molar-refractivity contribution in [3.63, 3.8) is 0 Å². The number of fused-ring (bicyclic) bond motifs is 3. The molecular formula is C40H60N4O8. The molecule has 1 aromatic rings. The third-order valence-corrected chi connectivity index (χ3v) is 10.8. The Kier molecular flexibility index (Phi) is 14.3. The molecule has 3 N–H and O–H groups in total. The lowest BCUT2D eigenvalue weighted by atomic mass is 9.83. The molecule has 4 rings (SSSR count). The zero-order valence-electron chi connectivity index (χ0n) is 31.9. The van der Waals surface area contributed by atoms with Crippen LogP contribution >= 0.6 is 0 Å². The van der Waals surface area contributed by atoms with Crippen LogP contribution in [0.5, 0.6) is 0 Å². The molecule has 4 bridgehead atoms. The number of ketones is 1. The molecule has 12 nitrogen and oxygen atoms in total. The van der Waals surface area contributed by atoms with Gasteiger partial charge in [0.25, 0.3) is 0 Å². The van der Waals surface area contributed by atoms with Crippen molar-refractivity contribution in [3.8, 4) is 0 Å². The quantitative estimate of drug-likeness (QED) is 0.275. The molecule has 0 saturated carbocycles. The lowest BCUT2D eigenvalue weighted by molar-refractivity contribution is -0.143. The molecule has 4 amide bonds. The monoisotopic (exact) mass is 724 g/mol. The first-order valence-corrected chi connectivity index (χ1v) is 19.1. The molecule has 0 radical (unpaired) electrons. The maximum Gasteiger partial charge on any atom is 0.410 e. The van der Waals surface area contributed by atoms with Gasteiger partial charge < -0.3 is 30.1 Å². The number of rotatable bonds is 10. The molecule has 52 heavy (non-hydrogen) atoms. The molecule has 288 valence electrons. The Labute approximate surface area is 309 Å². The number of ether oxygens (including phenoxy) is 2. The highest BCUT2D eigenvalue weighted by Crippen LogP contribution is 2.32. The van der Waals surface area contributed by atoms with Crippen molar-refractivity contribution in [2.75, 3.05) is 19.8 Å². The average molecular weight is 725 g/mol. The number of cyclic esters (lactones) is 1. The van der Waals surface area contributed by atoms with E-state index >= 15 is 0 Å². The maximum atomic E-state index is 14.5. The van der Waals surface area contributed by atoms with Gasteiger partial charge in [0.1, 0.15) is 24.0 Å².